The van der Waals surface area contributed by atoms with Crippen LogP contribution in [0.4, 0.5) is 0 Å². The van der Waals surface area contributed by atoms with Crippen molar-refractivity contribution in [3.8, 4) is 5.75 Å². The van der Waals surface area contributed by atoms with Crippen LogP contribution in [0.3, 0.4) is 0 Å². The van der Waals surface area contributed by atoms with E-state index in [1.807, 2.05) is 0 Å². The molecular weight excluding hydrogens is 227 g/mol. The fourth-order valence-corrected chi connectivity index (χ4v) is 1.84. The monoisotopic (exact) mass is 238 g/mol. The van der Waals surface area contributed by atoms with Gasteiger partial charge < -0.3 is 9.66 Å². The van der Waals surface area contributed by atoms with Gasteiger partial charge in [0.05, 0.1) is 4.90 Å². The van der Waals surface area contributed by atoms with Crippen molar-refractivity contribution in [3.63, 3.8) is 0 Å². The van der Waals surface area contributed by atoms with Gasteiger partial charge in [-0.25, -0.2) is 8.42 Å². The largest absolute Gasteiger partial charge is 1.00 e. The van der Waals surface area contributed by atoms with Crippen LogP contribution in [-0.4, -0.2) is 18.1 Å². The van der Waals surface area contributed by atoms with E-state index in [-0.39, 0.29) is 40.2 Å². The topological polar surface area (TPSA) is 77.4 Å². The first-order valence-electron chi connectivity index (χ1n) is 4.14. The molecule has 0 saturated carbocycles. The molecule has 1 N–H and O–H groups in total. The molecule has 0 radical (unpaired) electrons. The van der Waals surface area contributed by atoms with Crippen LogP contribution in [0.15, 0.2) is 17.0 Å². The standard InChI is InChI=1S/C9H12O4S.Na/c1-3-7-5-8(14(11,12)13)4-6(2)9(7)10;/h4-5,10H,3H2,1-2H3,(H,11,12,13);/q;+1/p-1. The minimum absolute atomic E-state index is 0. The van der Waals surface area contributed by atoms with Crippen LogP contribution in [0.2, 0.25) is 0 Å². The molecule has 0 spiro atoms. The van der Waals surface area contributed by atoms with Crippen molar-refractivity contribution < 1.29 is 47.6 Å². The summed E-state index contributed by atoms with van der Waals surface area (Å²) in [6, 6.07) is 2.39. The molecule has 0 amide bonds. The van der Waals surface area contributed by atoms with Gasteiger partial charge in [0.2, 0.25) is 0 Å². The molecule has 0 atom stereocenters. The molecule has 0 aromatic heterocycles. The minimum atomic E-state index is -4.44. The summed E-state index contributed by atoms with van der Waals surface area (Å²) in [6.45, 7) is 3.33. The van der Waals surface area contributed by atoms with Gasteiger partial charge in [-0.1, -0.05) is 6.92 Å². The molecule has 1 aromatic rings. The van der Waals surface area contributed by atoms with Crippen LogP contribution >= 0.6 is 0 Å². The van der Waals surface area contributed by atoms with Crippen molar-refractivity contribution in [2.24, 2.45) is 0 Å². The molecule has 0 bridgehead atoms. The van der Waals surface area contributed by atoms with E-state index >= 15 is 0 Å². The van der Waals surface area contributed by atoms with Crippen molar-refractivity contribution in [3.05, 3.63) is 23.3 Å². The summed E-state index contributed by atoms with van der Waals surface area (Å²) in [5.41, 5.74) is 0.873. The third-order valence-corrected chi connectivity index (χ3v) is 2.84. The zero-order chi connectivity index (χ0) is 10.9. The van der Waals surface area contributed by atoms with Gasteiger partial charge in [0.15, 0.2) is 0 Å². The SMILES string of the molecule is CCc1cc(S(=O)(=O)[O-])cc(C)c1O.[Na+]. The second kappa shape index (κ2) is 5.32. The van der Waals surface area contributed by atoms with Crippen molar-refractivity contribution in [2.45, 2.75) is 25.2 Å². The van der Waals surface area contributed by atoms with E-state index < -0.39 is 10.1 Å². The van der Waals surface area contributed by atoms with Gasteiger partial charge in [0.1, 0.15) is 15.9 Å². The number of phenolic OH excluding ortho intramolecular Hbond substituents is 1. The summed E-state index contributed by atoms with van der Waals surface area (Å²) in [5, 5.41) is 9.49. The molecule has 0 fully saturated rings. The van der Waals surface area contributed by atoms with Crippen molar-refractivity contribution in [1.29, 1.82) is 0 Å². The summed E-state index contributed by atoms with van der Waals surface area (Å²) in [6.07, 6.45) is 0.482. The van der Waals surface area contributed by atoms with E-state index in [9.17, 15) is 18.1 Å². The van der Waals surface area contributed by atoms with Gasteiger partial charge in [0, 0.05) is 0 Å². The molecule has 0 aliphatic rings. The molecule has 15 heavy (non-hydrogen) atoms. The zero-order valence-corrected chi connectivity index (χ0v) is 11.8. The predicted octanol–water partition coefficient (Wildman–Crippen LogP) is -1.83. The zero-order valence-electron chi connectivity index (χ0n) is 8.94. The van der Waals surface area contributed by atoms with E-state index in [4.69, 9.17) is 0 Å². The molecule has 0 heterocycles. The van der Waals surface area contributed by atoms with Crippen LogP contribution in [0, 0.1) is 6.92 Å². The fraction of sp³-hybridized carbons (Fsp3) is 0.333. The van der Waals surface area contributed by atoms with Gasteiger partial charge in [0.25, 0.3) is 0 Å². The second-order valence-corrected chi connectivity index (χ2v) is 4.44. The molecule has 1 rings (SSSR count). The van der Waals surface area contributed by atoms with E-state index in [0.29, 0.717) is 17.5 Å². The Morgan fingerprint density at radius 3 is 2.33 bits per heavy atom. The Morgan fingerprint density at radius 2 is 1.93 bits per heavy atom. The Kier molecular flexibility index (Phi) is 5.29. The summed E-state index contributed by atoms with van der Waals surface area (Å²) >= 11 is 0. The Morgan fingerprint density at radius 1 is 1.40 bits per heavy atom. The second-order valence-electron chi connectivity index (χ2n) is 3.06. The summed E-state index contributed by atoms with van der Waals surface area (Å²) in [5.74, 6) is 0.0555. The number of benzene rings is 1. The van der Waals surface area contributed by atoms with Crippen molar-refractivity contribution >= 4 is 10.1 Å². The van der Waals surface area contributed by atoms with E-state index in [2.05, 4.69) is 0 Å². The molecule has 4 nitrogen and oxygen atoms in total. The van der Waals surface area contributed by atoms with Crippen molar-refractivity contribution in [2.75, 3.05) is 0 Å². The average Bonchev–Trinajstić information content (AvgIpc) is 2.07. The normalized spacial score (nSPS) is 10.9. The third-order valence-electron chi connectivity index (χ3n) is 2.02. The van der Waals surface area contributed by atoms with E-state index in [1.165, 1.54) is 12.1 Å². The van der Waals surface area contributed by atoms with Gasteiger partial charge in [-0.15, -0.1) is 0 Å². The van der Waals surface area contributed by atoms with Crippen LogP contribution < -0.4 is 29.6 Å². The number of hydrogen-bond acceptors (Lipinski definition) is 4. The van der Waals surface area contributed by atoms with Crippen LogP contribution in [0.1, 0.15) is 18.1 Å². The van der Waals surface area contributed by atoms with Gasteiger partial charge in [-0.3, -0.25) is 0 Å². The van der Waals surface area contributed by atoms with Gasteiger partial charge in [-0.2, -0.15) is 0 Å². The summed E-state index contributed by atoms with van der Waals surface area (Å²) < 4.78 is 32.2. The maximum absolute atomic E-state index is 10.7. The maximum Gasteiger partial charge on any atom is 1.00 e. The molecule has 0 aliphatic heterocycles. The quantitative estimate of drug-likeness (QED) is 0.486. The minimum Gasteiger partial charge on any atom is -0.744 e. The third kappa shape index (κ3) is 3.46. The Labute approximate surface area is 111 Å². The molecule has 0 aliphatic carbocycles. The molecule has 1 aromatic carbocycles. The first-order chi connectivity index (χ1) is 6.36. The number of rotatable bonds is 2. The van der Waals surface area contributed by atoms with E-state index in [0.717, 1.165) is 0 Å². The fourth-order valence-electron chi connectivity index (χ4n) is 1.23. The van der Waals surface area contributed by atoms with Crippen LogP contribution in [-0.2, 0) is 16.5 Å². The first-order valence-corrected chi connectivity index (χ1v) is 5.55. The predicted molar refractivity (Wildman–Crippen MR) is 50.2 cm³/mol. The summed E-state index contributed by atoms with van der Waals surface area (Å²) in [7, 11) is -4.44. The molecule has 78 valence electrons. The van der Waals surface area contributed by atoms with Crippen molar-refractivity contribution in [1.82, 2.24) is 0 Å². The maximum atomic E-state index is 10.7. The first kappa shape index (κ1) is 14.9. The number of aryl methyl sites for hydroxylation is 2. The molecular formula is C9H11NaO4S. The van der Waals surface area contributed by atoms with Gasteiger partial charge in [-0.05, 0) is 36.6 Å². The Hall–Kier alpha value is -0.0700. The number of hydrogen-bond donors (Lipinski definition) is 1. The Balaban J connectivity index is 0.00000196. The smallest absolute Gasteiger partial charge is 0.744 e. The molecule has 0 saturated heterocycles. The summed E-state index contributed by atoms with van der Waals surface area (Å²) in [4.78, 5) is -0.287. The average molecular weight is 238 g/mol. The number of phenols is 1. The molecule has 0 unspecified atom stereocenters. The Bertz CT molecular complexity index is 453. The van der Waals surface area contributed by atoms with E-state index in [1.54, 1.807) is 13.8 Å². The van der Waals surface area contributed by atoms with Crippen LogP contribution in [0.25, 0.3) is 0 Å². The number of aromatic hydroxyl groups is 1. The van der Waals surface area contributed by atoms with Gasteiger partial charge >= 0.3 is 29.6 Å². The van der Waals surface area contributed by atoms with Crippen LogP contribution in [0.5, 0.6) is 5.75 Å². The molecule has 6 heteroatoms.